The Bertz CT molecular complexity index is 1050. The fraction of sp³-hybridized carbons (Fsp3) is 0.211. The molecular formula is C19H17F3N4O2. The molecule has 1 amide bonds. The minimum atomic E-state index is -4.48. The van der Waals surface area contributed by atoms with E-state index in [0.29, 0.717) is 5.69 Å². The van der Waals surface area contributed by atoms with Gasteiger partial charge in [0.15, 0.2) is 0 Å². The Kier molecular flexibility index (Phi) is 5.34. The van der Waals surface area contributed by atoms with Crippen molar-refractivity contribution in [2.45, 2.75) is 26.1 Å². The number of aromatic nitrogens is 3. The van der Waals surface area contributed by atoms with Crippen LogP contribution in [0, 0.1) is 6.92 Å². The minimum Gasteiger partial charge on any atom is -0.315 e. The van der Waals surface area contributed by atoms with Crippen LogP contribution in [0.15, 0.2) is 59.5 Å². The maximum Gasteiger partial charge on any atom is 0.416 e. The second kappa shape index (κ2) is 7.71. The van der Waals surface area contributed by atoms with Gasteiger partial charge >= 0.3 is 6.18 Å². The summed E-state index contributed by atoms with van der Waals surface area (Å²) < 4.78 is 41.5. The zero-order valence-corrected chi connectivity index (χ0v) is 14.9. The highest BCUT2D eigenvalue weighted by Gasteiger charge is 2.30. The van der Waals surface area contributed by atoms with Crippen molar-refractivity contribution in [2.24, 2.45) is 0 Å². The fourth-order valence-electron chi connectivity index (χ4n) is 2.67. The Morgan fingerprint density at radius 3 is 2.64 bits per heavy atom. The molecule has 9 heteroatoms. The van der Waals surface area contributed by atoms with Gasteiger partial charge in [-0.05, 0) is 31.2 Å². The molecule has 0 aliphatic carbocycles. The lowest BCUT2D eigenvalue weighted by molar-refractivity contribution is -0.137. The van der Waals surface area contributed by atoms with E-state index in [4.69, 9.17) is 0 Å². The van der Waals surface area contributed by atoms with Gasteiger partial charge in [-0.15, -0.1) is 0 Å². The molecule has 0 radical (unpaired) electrons. The van der Waals surface area contributed by atoms with Crippen LogP contribution in [-0.4, -0.2) is 20.3 Å². The van der Waals surface area contributed by atoms with Crippen molar-refractivity contribution in [3.63, 3.8) is 0 Å². The summed E-state index contributed by atoms with van der Waals surface area (Å²) >= 11 is 0. The first-order valence-electron chi connectivity index (χ1n) is 8.43. The second-order valence-corrected chi connectivity index (χ2v) is 6.16. The van der Waals surface area contributed by atoms with Crippen molar-refractivity contribution < 1.29 is 18.0 Å². The number of alkyl halides is 3. The molecule has 28 heavy (non-hydrogen) atoms. The van der Waals surface area contributed by atoms with Crippen LogP contribution in [0.5, 0.6) is 0 Å². The van der Waals surface area contributed by atoms with Gasteiger partial charge in [-0.2, -0.15) is 18.3 Å². The first-order chi connectivity index (χ1) is 13.2. The summed E-state index contributed by atoms with van der Waals surface area (Å²) in [7, 11) is 0. The molecule has 2 heterocycles. The van der Waals surface area contributed by atoms with E-state index in [1.807, 2.05) is 0 Å². The molecule has 6 nitrogen and oxygen atoms in total. The third kappa shape index (κ3) is 4.48. The fourth-order valence-corrected chi connectivity index (χ4v) is 2.67. The number of halogens is 3. The van der Waals surface area contributed by atoms with Gasteiger partial charge in [-0.3, -0.25) is 9.59 Å². The molecule has 3 rings (SSSR count). The summed E-state index contributed by atoms with van der Waals surface area (Å²) in [5.74, 6) is -0.133. The maximum absolute atomic E-state index is 13.0. The Morgan fingerprint density at radius 1 is 1.14 bits per heavy atom. The molecule has 0 fully saturated rings. The highest BCUT2D eigenvalue weighted by atomic mass is 19.4. The predicted octanol–water partition coefficient (Wildman–Crippen LogP) is 3.39. The molecule has 0 aliphatic heterocycles. The number of aryl methyl sites for hydroxylation is 2. The molecular weight excluding hydrogens is 373 g/mol. The average molecular weight is 390 g/mol. The maximum atomic E-state index is 13.0. The van der Waals surface area contributed by atoms with Gasteiger partial charge in [-0.1, -0.05) is 12.1 Å². The number of pyridine rings is 1. The molecule has 0 saturated carbocycles. The first kappa shape index (κ1) is 19.4. The third-order valence-electron chi connectivity index (χ3n) is 4.00. The number of hydrogen-bond donors (Lipinski definition) is 1. The van der Waals surface area contributed by atoms with Crippen molar-refractivity contribution in [1.29, 1.82) is 0 Å². The highest BCUT2D eigenvalue weighted by molar-refractivity contribution is 5.90. The Balaban J connectivity index is 1.78. The van der Waals surface area contributed by atoms with E-state index < -0.39 is 11.7 Å². The van der Waals surface area contributed by atoms with E-state index in [9.17, 15) is 22.8 Å². The molecule has 1 N–H and O–H groups in total. The Hall–Kier alpha value is -3.36. The lowest BCUT2D eigenvalue weighted by Gasteiger charge is -2.12. The largest absolute Gasteiger partial charge is 0.416 e. The first-order valence-corrected chi connectivity index (χ1v) is 8.43. The summed E-state index contributed by atoms with van der Waals surface area (Å²) in [6, 6.07) is 10.9. The topological polar surface area (TPSA) is 68.9 Å². The molecule has 0 spiro atoms. The van der Waals surface area contributed by atoms with E-state index in [1.54, 1.807) is 31.3 Å². The number of hydrogen-bond acceptors (Lipinski definition) is 3. The average Bonchev–Trinajstić information content (AvgIpc) is 3.00. The van der Waals surface area contributed by atoms with Crippen molar-refractivity contribution in [1.82, 2.24) is 14.3 Å². The van der Waals surface area contributed by atoms with E-state index in [-0.39, 0.29) is 35.9 Å². The number of benzene rings is 1. The molecule has 0 atom stereocenters. The molecule has 0 saturated heterocycles. The van der Waals surface area contributed by atoms with Gasteiger partial charge in [0.25, 0.3) is 5.56 Å². The van der Waals surface area contributed by atoms with Crippen molar-refractivity contribution >= 4 is 11.7 Å². The molecule has 2 aromatic heterocycles. The summed E-state index contributed by atoms with van der Waals surface area (Å²) in [4.78, 5) is 23.9. The van der Waals surface area contributed by atoms with Crippen LogP contribution in [0.3, 0.4) is 0 Å². The molecule has 0 aliphatic rings. The number of amides is 1. The summed E-state index contributed by atoms with van der Waals surface area (Å²) in [5.41, 5.74) is -0.316. The standard InChI is InChI=1S/C19H17F3N4O2/c1-13-11-16(23-17(27)8-10-25-9-3-2-7-18(25)28)26(24-13)15-6-4-5-14(12-15)19(20,21)22/h2-7,9,11-12H,8,10H2,1H3,(H,23,27). The normalized spacial score (nSPS) is 11.4. The van der Waals surface area contributed by atoms with Crippen LogP contribution in [0.1, 0.15) is 17.7 Å². The monoisotopic (exact) mass is 390 g/mol. The van der Waals surface area contributed by atoms with Crippen molar-refractivity contribution in [3.05, 3.63) is 76.3 Å². The highest BCUT2D eigenvalue weighted by Crippen LogP contribution is 2.31. The molecule has 1 aromatic carbocycles. The van der Waals surface area contributed by atoms with Gasteiger partial charge in [0.05, 0.1) is 16.9 Å². The molecule has 146 valence electrons. The van der Waals surface area contributed by atoms with Crippen molar-refractivity contribution in [3.8, 4) is 5.69 Å². The zero-order chi connectivity index (χ0) is 20.3. The minimum absolute atomic E-state index is 0.0245. The van der Waals surface area contributed by atoms with E-state index >= 15 is 0 Å². The van der Waals surface area contributed by atoms with Crippen LogP contribution in [-0.2, 0) is 17.5 Å². The number of nitrogens with zero attached hydrogens (tertiary/aromatic N) is 3. The SMILES string of the molecule is Cc1cc(NC(=O)CCn2ccccc2=O)n(-c2cccc(C(F)(F)F)c2)n1. The molecule has 3 aromatic rings. The quantitative estimate of drug-likeness (QED) is 0.726. The van der Waals surface area contributed by atoms with Crippen LogP contribution >= 0.6 is 0 Å². The van der Waals surface area contributed by atoms with E-state index in [1.165, 1.54) is 27.4 Å². The number of anilines is 1. The van der Waals surface area contributed by atoms with Crippen LogP contribution in [0.25, 0.3) is 5.69 Å². The smallest absolute Gasteiger partial charge is 0.315 e. The molecule has 0 bridgehead atoms. The number of carbonyl (C=O) groups excluding carboxylic acids is 1. The van der Waals surface area contributed by atoms with Gasteiger partial charge in [0.2, 0.25) is 5.91 Å². The van der Waals surface area contributed by atoms with Crippen LogP contribution in [0.4, 0.5) is 19.0 Å². The second-order valence-electron chi connectivity index (χ2n) is 6.16. The van der Waals surface area contributed by atoms with Crippen LogP contribution < -0.4 is 10.9 Å². The lowest BCUT2D eigenvalue weighted by Crippen LogP contribution is -2.22. The summed E-state index contributed by atoms with van der Waals surface area (Å²) in [6.45, 7) is 1.85. The number of rotatable bonds is 5. The molecule has 0 unspecified atom stereocenters. The predicted molar refractivity (Wildman–Crippen MR) is 97.3 cm³/mol. The van der Waals surface area contributed by atoms with Crippen molar-refractivity contribution in [2.75, 3.05) is 5.32 Å². The van der Waals surface area contributed by atoms with E-state index in [0.717, 1.165) is 12.1 Å². The third-order valence-corrected chi connectivity index (χ3v) is 4.00. The van der Waals surface area contributed by atoms with Gasteiger partial charge in [-0.25, -0.2) is 4.68 Å². The number of nitrogens with one attached hydrogen (secondary N) is 1. The van der Waals surface area contributed by atoms with Gasteiger partial charge in [0.1, 0.15) is 5.82 Å². The summed E-state index contributed by atoms with van der Waals surface area (Å²) in [6.07, 6.45) is -2.88. The zero-order valence-electron chi connectivity index (χ0n) is 14.9. The summed E-state index contributed by atoms with van der Waals surface area (Å²) in [5, 5.41) is 6.81. The lowest BCUT2D eigenvalue weighted by atomic mass is 10.2. The Morgan fingerprint density at radius 2 is 1.93 bits per heavy atom. The van der Waals surface area contributed by atoms with Crippen LogP contribution in [0.2, 0.25) is 0 Å². The van der Waals surface area contributed by atoms with E-state index in [2.05, 4.69) is 10.4 Å². The van der Waals surface area contributed by atoms with Gasteiger partial charge in [0, 0.05) is 31.3 Å². The van der Waals surface area contributed by atoms with Gasteiger partial charge < -0.3 is 9.88 Å². The Labute approximate surface area is 158 Å². The number of carbonyl (C=O) groups is 1.